The number of thiazole rings is 1. The summed E-state index contributed by atoms with van der Waals surface area (Å²) < 4.78 is 2.49. The number of hydrogen-bond donors (Lipinski definition) is 0. The molecule has 0 saturated carbocycles. The van der Waals surface area contributed by atoms with Crippen LogP contribution in [0.25, 0.3) is 4.96 Å². The van der Waals surface area contributed by atoms with Gasteiger partial charge in [0.05, 0.1) is 5.69 Å². The Kier molecular flexibility index (Phi) is 1.58. The first-order valence-electron chi connectivity index (χ1n) is 5.94. The molecule has 0 amide bonds. The van der Waals surface area contributed by atoms with Gasteiger partial charge in [-0.15, -0.1) is 11.3 Å². The monoisotopic (exact) mass is 218 g/mol. The van der Waals surface area contributed by atoms with Gasteiger partial charge in [0, 0.05) is 16.3 Å². The Labute approximate surface area is 93.0 Å². The first kappa shape index (κ1) is 8.34. The van der Waals surface area contributed by atoms with Crippen LogP contribution in [0.1, 0.15) is 41.2 Å². The van der Waals surface area contributed by atoms with Gasteiger partial charge in [-0.2, -0.15) is 0 Å². The van der Waals surface area contributed by atoms with Gasteiger partial charge >= 0.3 is 0 Å². The molecule has 2 aliphatic carbocycles. The minimum absolute atomic E-state index is 1.21. The van der Waals surface area contributed by atoms with Gasteiger partial charge in [0.2, 0.25) is 0 Å². The molecular weight excluding hydrogens is 204 g/mol. The Morgan fingerprint density at radius 3 is 2.80 bits per heavy atom. The van der Waals surface area contributed by atoms with Crippen LogP contribution in [0.3, 0.4) is 0 Å². The van der Waals surface area contributed by atoms with Gasteiger partial charge in [-0.3, -0.25) is 4.40 Å². The molecule has 4 rings (SSSR count). The topological polar surface area (TPSA) is 17.3 Å². The van der Waals surface area contributed by atoms with E-state index < -0.39 is 0 Å². The molecule has 2 aromatic rings. The second-order valence-corrected chi connectivity index (χ2v) is 5.72. The molecule has 3 heteroatoms. The number of aromatic nitrogens is 2. The molecular formula is C12H14N2S. The van der Waals surface area contributed by atoms with Crippen molar-refractivity contribution in [2.45, 2.75) is 44.9 Å². The maximum atomic E-state index is 4.78. The highest BCUT2D eigenvalue weighted by Crippen LogP contribution is 2.34. The van der Waals surface area contributed by atoms with E-state index >= 15 is 0 Å². The van der Waals surface area contributed by atoms with Crippen LogP contribution in [-0.4, -0.2) is 9.38 Å². The van der Waals surface area contributed by atoms with Crippen LogP contribution >= 0.6 is 11.3 Å². The summed E-state index contributed by atoms with van der Waals surface area (Å²) in [6.45, 7) is 0. The number of aryl methyl sites for hydroxylation is 4. The second-order valence-electron chi connectivity index (χ2n) is 4.66. The van der Waals surface area contributed by atoms with Crippen LogP contribution in [0.2, 0.25) is 0 Å². The van der Waals surface area contributed by atoms with Gasteiger partial charge in [-0.25, -0.2) is 4.98 Å². The van der Waals surface area contributed by atoms with Crippen molar-refractivity contribution in [3.63, 3.8) is 0 Å². The van der Waals surface area contributed by atoms with E-state index in [9.17, 15) is 0 Å². The van der Waals surface area contributed by atoms with Gasteiger partial charge in [-0.05, 0) is 44.9 Å². The maximum Gasteiger partial charge on any atom is 0.194 e. The van der Waals surface area contributed by atoms with Crippen molar-refractivity contribution < 1.29 is 0 Å². The Bertz CT molecular complexity index is 535. The molecule has 0 fully saturated rings. The highest BCUT2D eigenvalue weighted by Gasteiger charge is 2.24. The van der Waals surface area contributed by atoms with E-state index in [1.165, 1.54) is 61.3 Å². The van der Waals surface area contributed by atoms with E-state index in [4.69, 9.17) is 4.98 Å². The van der Waals surface area contributed by atoms with Crippen molar-refractivity contribution in [2.75, 3.05) is 0 Å². The smallest absolute Gasteiger partial charge is 0.194 e. The largest absolute Gasteiger partial charge is 0.291 e. The van der Waals surface area contributed by atoms with Crippen LogP contribution in [0, 0.1) is 0 Å². The Morgan fingerprint density at radius 2 is 1.80 bits per heavy atom. The summed E-state index contributed by atoms with van der Waals surface area (Å²) in [5.74, 6) is 0. The van der Waals surface area contributed by atoms with Crippen LogP contribution in [0.5, 0.6) is 0 Å². The zero-order valence-corrected chi connectivity index (χ0v) is 9.57. The average molecular weight is 218 g/mol. The fourth-order valence-electron chi connectivity index (χ4n) is 3.02. The van der Waals surface area contributed by atoms with Gasteiger partial charge < -0.3 is 0 Å². The highest BCUT2D eigenvalue weighted by atomic mass is 32.1. The lowest BCUT2D eigenvalue weighted by atomic mass is 10.0. The van der Waals surface area contributed by atoms with Crippen LogP contribution in [0.4, 0.5) is 0 Å². The quantitative estimate of drug-likeness (QED) is 0.664. The van der Waals surface area contributed by atoms with Crippen LogP contribution in [-0.2, 0) is 25.7 Å². The van der Waals surface area contributed by atoms with E-state index in [2.05, 4.69) is 4.40 Å². The Balaban J connectivity index is 2.06. The molecule has 78 valence electrons. The minimum atomic E-state index is 1.21. The van der Waals surface area contributed by atoms with Crippen LogP contribution < -0.4 is 0 Å². The van der Waals surface area contributed by atoms with E-state index in [0.29, 0.717) is 0 Å². The molecule has 15 heavy (non-hydrogen) atoms. The minimum Gasteiger partial charge on any atom is -0.291 e. The average Bonchev–Trinajstić information content (AvgIpc) is 2.85. The lowest BCUT2D eigenvalue weighted by Crippen LogP contribution is -2.04. The first-order chi connectivity index (χ1) is 7.43. The molecule has 0 aliphatic heterocycles. The molecule has 0 radical (unpaired) electrons. The Hall–Kier alpha value is -0.830. The lowest BCUT2D eigenvalue weighted by Gasteiger charge is -2.11. The zero-order valence-electron chi connectivity index (χ0n) is 8.75. The number of nitrogens with zero attached hydrogens (tertiary/aromatic N) is 2. The summed E-state index contributed by atoms with van der Waals surface area (Å²) in [5.41, 5.74) is 4.51. The summed E-state index contributed by atoms with van der Waals surface area (Å²) in [4.78, 5) is 7.66. The standard InChI is InChI=1S/C12H14N2S/c1-2-7-11-10(5-1)14-9-6-3-4-8(9)13-12(14)15-11/h1-7H2. The summed E-state index contributed by atoms with van der Waals surface area (Å²) in [6.07, 6.45) is 9.07. The molecule has 0 spiro atoms. The molecule has 2 aliphatic rings. The molecule has 2 nitrogen and oxygen atoms in total. The molecule has 0 atom stereocenters. The summed E-state index contributed by atoms with van der Waals surface area (Å²) in [5, 5.41) is 0. The SMILES string of the molecule is C1CCc2c(sc3nc4c(n23)CCC4)C1. The van der Waals surface area contributed by atoms with Crippen molar-refractivity contribution >= 4 is 16.3 Å². The summed E-state index contributed by atoms with van der Waals surface area (Å²) >= 11 is 1.94. The number of fused-ring (bicyclic) bond motifs is 5. The zero-order chi connectivity index (χ0) is 9.83. The summed E-state index contributed by atoms with van der Waals surface area (Å²) in [7, 11) is 0. The van der Waals surface area contributed by atoms with Gasteiger partial charge in [0.25, 0.3) is 0 Å². The van der Waals surface area contributed by atoms with Crippen molar-refractivity contribution in [2.24, 2.45) is 0 Å². The van der Waals surface area contributed by atoms with Crippen molar-refractivity contribution in [1.29, 1.82) is 0 Å². The highest BCUT2D eigenvalue weighted by molar-refractivity contribution is 7.17. The fraction of sp³-hybridized carbons (Fsp3) is 0.583. The van der Waals surface area contributed by atoms with E-state index in [1.54, 1.807) is 10.6 Å². The molecule has 0 saturated heterocycles. The number of hydrogen-bond acceptors (Lipinski definition) is 2. The van der Waals surface area contributed by atoms with Crippen LogP contribution in [0.15, 0.2) is 0 Å². The summed E-state index contributed by atoms with van der Waals surface area (Å²) in [6, 6.07) is 0. The van der Waals surface area contributed by atoms with Crippen molar-refractivity contribution in [1.82, 2.24) is 9.38 Å². The van der Waals surface area contributed by atoms with E-state index in [-0.39, 0.29) is 0 Å². The molecule has 2 aromatic heterocycles. The van der Waals surface area contributed by atoms with Crippen molar-refractivity contribution in [3.8, 4) is 0 Å². The first-order valence-corrected chi connectivity index (χ1v) is 6.76. The van der Waals surface area contributed by atoms with E-state index in [1.807, 2.05) is 11.3 Å². The maximum absolute atomic E-state index is 4.78. The molecule has 0 N–H and O–H groups in total. The van der Waals surface area contributed by atoms with Gasteiger partial charge in [0.1, 0.15) is 0 Å². The predicted molar refractivity (Wildman–Crippen MR) is 61.7 cm³/mol. The third-order valence-corrected chi connectivity index (χ3v) is 4.87. The lowest BCUT2D eigenvalue weighted by molar-refractivity contribution is 0.670. The fourth-order valence-corrected chi connectivity index (χ4v) is 4.26. The van der Waals surface area contributed by atoms with E-state index in [0.717, 1.165) is 0 Å². The third-order valence-electron chi connectivity index (χ3n) is 3.73. The molecule has 0 unspecified atom stereocenters. The Morgan fingerprint density at radius 1 is 0.933 bits per heavy atom. The molecule has 2 heterocycles. The number of rotatable bonds is 0. The predicted octanol–water partition coefficient (Wildman–Crippen LogP) is 2.76. The number of imidazole rings is 1. The molecule has 0 aromatic carbocycles. The van der Waals surface area contributed by atoms with Gasteiger partial charge in [0.15, 0.2) is 4.96 Å². The normalized spacial score (nSPS) is 19.5. The molecule has 0 bridgehead atoms. The second kappa shape index (κ2) is 2.85. The third kappa shape index (κ3) is 1.02. The van der Waals surface area contributed by atoms with Gasteiger partial charge in [-0.1, -0.05) is 0 Å². The van der Waals surface area contributed by atoms with Crippen molar-refractivity contribution in [3.05, 3.63) is 22.0 Å².